The average Bonchev–Trinajstić information content (AvgIpc) is 3.23. The Morgan fingerprint density at radius 1 is 1.00 bits per heavy atom. The molecule has 2 aromatic rings. The number of nitrogens with zero attached hydrogens (tertiary/aromatic N) is 5. The van der Waals surface area contributed by atoms with Crippen LogP contribution in [0.1, 0.15) is 62.9 Å². The van der Waals surface area contributed by atoms with E-state index in [1.165, 1.54) is 7.11 Å². The van der Waals surface area contributed by atoms with Crippen molar-refractivity contribution in [3.63, 3.8) is 0 Å². The zero-order chi connectivity index (χ0) is 30.7. The molecule has 4 heterocycles. The molecule has 5 rings (SSSR count). The summed E-state index contributed by atoms with van der Waals surface area (Å²) in [6.07, 6.45) is 3.46. The van der Waals surface area contributed by atoms with E-state index < -0.39 is 0 Å². The van der Waals surface area contributed by atoms with Crippen LogP contribution in [-0.4, -0.2) is 120 Å². The monoisotopic (exact) mass is 594 g/mol. The number of fused-ring (bicyclic) bond motifs is 3. The summed E-state index contributed by atoms with van der Waals surface area (Å²) in [6, 6.07) is 10.0. The summed E-state index contributed by atoms with van der Waals surface area (Å²) in [5.41, 5.74) is 0.774. The summed E-state index contributed by atoms with van der Waals surface area (Å²) in [7, 11) is 1.42. The Labute approximate surface area is 253 Å². The minimum Gasteiger partial charge on any atom is -0.453 e. The molecule has 1 N–H and O–H groups in total. The summed E-state index contributed by atoms with van der Waals surface area (Å²) < 4.78 is 6.80. The van der Waals surface area contributed by atoms with Gasteiger partial charge in [0, 0.05) is 83.4 Å². The number of aromatic nitrogens is 1. The lowest BCUT2D eigenvalue weighted by Crippen LogP contribution is -2.53. The van der Waals surface area contributed by atoms with Gasteiger partial charge in [-0.3, -0.25) is 24.2 Å². The molecular formula is C32H46N6O5. The number of rotatable bonds is 9. The maximum absolute atomic E-state index is 13.4. The van der Waals surface area contributed by atoms with Gasteiger partial charge in [0.25, 0.3) is 11.5 Å². The topological polar surface area (TPSA) is 107 Å². The van der Waals surface area contributed by atoms with E-state index in [0.717, 1.165) is 75.9 Å². The molecule has 2 unspecified atom stereocenters. The molecule has 3 aliphatic heterocycles. The van der Waals surface area contributed by atoms with Crippen molar-refractivity contribution < 1.29 is 19.1 Å². The minimum atomic E-state index is -0.320. The Balaban J connectivity index is 1.17. The van der Waals surface area contributed by atoms with Gasteiger partial charge in [0.1, 0.15) is 5.56 Å². The standard InChI is InChI=1S/C32H46N6O5/c1-22(2)38-29-8-6-5-7-24(29)19-28(31(38)41)30(40)33-25-20-26-9-10-27(21-25)37(26)18-17-36(32(42)43-4)16-13-34-11-14-35(15-12-34)23(3)39/h5-8,19,22,25-27H,9-18,20-21H2,1-4H3,(H,33,40). The van der Waals surface area contributed by atoms with E-state index in [9.17, 15) is 19.2 Å². The van der Waals surface area contributed by atoms with E-state index >= 15 is 0 Å². The third kappa shape index (κ3) is 6.88. The molecule has 234 valence electrons. The van der Waals surface area contributed by atoms with Crippen LogP contribution < -0.4 is 10.9 Å². The van der Waals surface area contributed by atoms with Gasteiger partial charge < -0.3 is 24.4 Å². The number of piperidine rings is 1. The number of para-hydroxylation sites is 1. The number of amides is 3. The van der Waals surface area contributed by atoms with E-state index in [2.05, 4.69) is 15.1 Å². The molecule has 0 aliphatic carbocycles. The number of carbonyl (C=O) groups excluding carboxylic acids is 3. The van der Waals surface area contributed by atoms with Crippen molar-refractivity contribution in [2.75, 3.05) is 59.5 Å². The predicted octanol–water partition coefficient (Wildman–Crippen LogP) is 2.54. The highest BCUT2D eigenvalue weighted by atomic mass is 16.5. The van der Waals surface area contributed by atoms with Crippen LogP contribution in [-0.2, 0) is 9.53 Å². The lowest BCUT2D eigenvalue weighted by atomic mass is 9.96. The normalized spacial score (nSPS) is 22.6. The number of pyridine rings is 1. The molecule has 3 amide bonds. The first-order chi connectivity index (χ1) is 20.7. The molecular weight excluding hydrogens is 548 g/mol. The lowest BCUT2D eigenvalue weighted by Gasteiger charge is -2.40. The summed E-state index contributed by atoms with van der Waals surface area (Å²) in [5.74, 6) is -0.194. The van der Waals surface area contributed by atoms with E-state index in [-0.39, 0.29) is 41.1 Å². The first-order valence-electron chi connectivity index (χ1n) is 15.7. The maximum atomic E-state index is 13.4. The number of methoxy groups -OCH3 is 1. The van der Waals surface area contributed by atoms with Gasteiger partial charge in [-0.2, -0.15) is 0 Å². The Hall–Kier alpha value is -3.44. The first kappa shape index (κ1) is 31.0. The van der Waals surface area contributed by atoms with Crippen LogP contribution in [0.15, 0.2) is 35.1 Å². The number of piperazine rings is 1. The lowest BCUT2D eigenvalue weighted by molar-refractivity contribution is -0.130. The first-order valence-corrected chi connectivity index (χ1v) is 15.7. The SMILES string of the molecule is COC(=O)N(CCN1CCN(C(C)=O)CC1)CCN1C2CCC1CC(NC(=O)c1cc3ccccc3n(C(C)C)c1=O)C2. The zero-order valence-electron chi connectivity index (χ0n) is 26.0. The molecule has 43 heavy (non-hydrogen) atoms. The Bertz CT molecular complexity index is 1370. The summed E-state index contributed by atoms with van der Waals surface area (Å²) >= 11 is 0. The Morgan fingerprint density at radius 2 is 1.65 bits per heavy atom. The van der Waals surface area contributed by atoms with Crippen LogP contribution in [0.4, 0.5) is 4.79 Å². The number of hydrogen-bond donors (Lipinski definition) is 1. The molecule has 1 aromatic carbocycles. The average molecular weight is 595 g/mol. The van der Waals surface area contributed by atoms with Crippen LogP contribution in [0.3, 0.4) is 0 Å². The largest absolute Gasteiger partial charge is 0.453 e. The smallest absolute Gasteiger partial charge is 0.409 e. The van der Waals surface area contributed by atoms with Gasteiger partial charge in [0.2, 0.25) is 5.91 Å². The van der Waals surface area contributed by atoms with Crippen molar-refractivity contribution in [1.82, 2.24) is 29.5 Å². The highest BCUT2D eigenvalue weighted by molar-refractivity contribution is 5.97. The second-order valence-corrected chi connectivity index (χ2v) is 12.5. The third-order valence-corrected chi connectivity index (χ3v) is 9.49. The van der Waals surface area contributed by atoms with E-state index in [0.29, 0.717) is 25.2 Å². The van der Waals surface area contributed by atoms with Crippen LogP contribution >= 0.6 is 0 Å². The van der Waals surface area contributed by atoms with Gasteiger partial charge in [0.15, 0.2) is 0 Å². The van der Waals surface area contributed by atoms with Crippen LogP contribution in [0.5, 0.6) is 0 Å². The van der Waals surface area contributed by atoms with Gasteiger partial charge in [-0.25, -0.2) is 4.79 Å². The van der Waals surface area contributed by atoms with Crippen molar-refractivity contribution in [3.8, 4) is 0 Å². The minimum absolute atomic E-state index is 0.00463. The summed E-state index contributed by atoms with van der Waals surface area (Å²) in [4.78, 5) is 59.4. The van der Waals surface area contributed by atoms with Gasteiger partial charge in [-0.05, 0) is 57.0 Å². The molecule has 3 aliphatic rings. The number of nitrogens with one attached hydrogen (secondary N) is 1. The second-order valence-electron chi connectivity index (χ2n) is 12.5. The molecule has 11 nitrogen and oxygen atoms in total. The molecule has 2 atom stereocenters. The Morgan fingerprint density at radius 3 is 2.28 bits per heavy atom. The Kier molecular flexibility index (Phi) is 9.71. The van der Waals surface area contributed by atoms with E-state index in [1.807, 2.05) is 43.0 Å². The van der Waals surface area contributed by atoms with Crippen molar-refractivity contribution in [1.29, 1.82) is 0 Å². The molecule has 1 aromatic heterocycles. The summed E-state index contributed by atoms with van der Waals surface area (Å²) in [6.45, 7) is 11.2. The van der Waals surface area contributed by atoms with Gasteiger partial charge >= 0.3 is 6.09 Å². The maximum Gasteiger partial charge on any atom is 0.409 e. The van der Waals surface area contributed by atoms with Crippen molar-refractivity contribution >= 4 is 28.8 Å². The number of hydrogen-bond acceptors (Lipinski definition) is 7. The van der Waals surface area contributed by atoms with Crippen LogP contribution in [0.25, 0.3) is 10.9 Å². The number of ether oxygens (including phenoxy) is 1. The zero-order valence-corrected chi connectivity index (χ0v) is 26.0. The van der Waals surface area contributed by atoms with Crippen molar-refractivity contribution in [3.05, 3.63) is 46.2 Å². The van der Waals surface area contributed by atoms with Crippen LogP contribution in [0.2, 0.25) is 0 Å². The highest BCUT2D eigenvalue weighted by Gasteiger charge is 2.41. The molecule has 0 spiro atoms. The van der Waals surface area contributed by atoms with E-state index in [4.69, 9.17) is 4.74 Å². The number of benzene rings is 1. The molecule has 11 heteroatoms. The van der Waals surface area contributed by atoms with Crippen molar-refractivity contribution in [2.45, 2.75) is 70.6 Å². The molecule has 3 fully saturated rings. The second kappa shape index (κ2) is 13.5. The quantitative estimate of drug-likeness (QED) is 0.476. The van der Waals surface area contributed by atoms with Gasteiger partial charge in [-0.1, -0.05) is 18.2 Å². The van der Waals surface area contributed by atoms with Crippen molar-refractivity contribution in [2.24, 2.45) is 0 Å². The fourth-order valence-corrected chi connectivity index (χ4v) is 7.19. The van der Waals surface area contributed by atoms with E-state index in [1.54, 1.807) is 22.5 Å². The molecule has 0 saturated carbocycles. The summed E-state index contributed by atoms with van der Waals surface area (Å²) in [5, 5.41) is 4.07. The van der Waals surface area contributed by atoms with Crippen LogP contribution in [0, 0.1) is 0 Å². The highest BCUT2D eigenvalue weighted by Crippen LogP contribution is 2.35. The predicted molar refractivity (Wildman–Crippen MR) is 165 cm³/mol. The third-order valence-electron chi connectivity index (χ3n) is 9.49. The van der Waals surface area contributed by atoms with Gasteiger partial charge in [0.05, 0.1) is 12.6 Å². The van der Waals surface area contributed by atoms with Gasteiger partial charge in [-0.15, -0.1) is 0 Å². The molecule has 2 bridgehead atoms. The fourth-order valence-electron chi connectivity index (χ4n) is 7.19. The fraction of sp³-hybridized carbons (Fsp3) is 0.625. The molecule has 3 saturated heterocycles. The molecule has 0 radical (unpaired) electrons. The number of carbonyl (C=O) groups is 3.